The van der Waals surface area contributed by atoms with Crippen LogP contribution in [-0.2, 0) is 19.6 Å². The molecule has 0 unspecified atom stereocenters. The third kappa shape index (κ3) is 6.13. The molecule has 0 aliphatic carbocycles. The van der Waals surface area contributed by atoms with Gasteiger partial charge in [0.25, 0.3) is 0 Å². The normalized spacial score (nSPS) is 11.1. The second kappa shape index (κ2) is 9.19. The Bertz CT molecular complexity index is 700. The molecule has 24 heavy (non-hydrogen) atoms. The minimum absolute atomic E-state index is 0.0261. The number of anilines is 1. The molecule has 0 atom stereocenters. The first kappa shape index (κ1) is 19.9. The van der Waals surface area contributed by atoms with Gasteiger partial charge in [-0.1, -0.05) is 18.2 Å². The van der Waals surface area contributed by atoms with E-state index in [4.69, 9.17) is 4.74 Å². The van der Waals surface area contributed by atoms with E-state index in [0.29, 0.717) is 5.69 Å². The lowest BCUT2D eigenvalue weighted by molar-refractivity contribution is -0.116. The van der Waals surface area contributed by atoms with Crippen LogP contribution >= 0.6 is 0 Å². The molecular formula is C16H22N2O5S. The summed E-state index contributed by atoms with van der Waals surface area (Å²) in [6.07, 6.45) is 2.48. The Hall–Kier alpha value is -2.19. The fourth-order valence-electron chi connectivity index (χ4n) is 1.95. The summed E-state index contributed by atoms with van der Waals surface area (Å²) in [7, 11) is -3.42. The van der Waals surface area contributed by atoms with E-state index in [1.807, 2.05) is 0 Å². The van der Waals surface area contributed by atoms with Crippen LogP contribution in [0.15, 0.2) is 36.9 Å². The van der Waals surface area contributed by atoms with E-state index in [1.165, 1.54) is 6.08 Å². The maximum Gasteiger partial charge on any atom is 0.340 e. The molecule has 1 N–H and O–H groups in total. The zero-order valence-corrected chi connectivity index (χ0v) is 14.6. The molecule has 0 saturated carbocycles. The first-order valence-electron chi connectivity index (χ1n) is 7.41. The molecule has 0 aromatic heterocycles. The molecule has 1 aromatic rings. The Morgan fingerprint density at radius 3 is 2.58 bits per heavy atom. The van der Waals surface area contributed by atoms with Crippen LogP contribution in [0.4, 0.5) is 5.69 Å². The van der Waals surface area contributed by atoms with E-state index in [9.17, 15) is 18.0 Å². The third-order valence-electron chi connectivity index (χ3n) is 3.09. The highest BCUT2D eigenvalue weighted by Crippen LogP contribution is 2.16. The van der Waals surface area contributed by atoms with Crippen LogP contribution in [0.1, 0.15) is 23.7 Å². The van der Waals surface area contributed by atoms with E-state index in [1.54, 1.807) is 31.2 Å². The molecule has 8 heteroatoms. The van der Waals surface area contributed by atoms with Gasteiger partial charge < -0.3 is 10.1 Å². The number of nitrogens with one attached hydrogen (secondary N) is 1. The molecule has 1 amide bonds. The van der Waals surface area contributed by atoms with Crippen LogP contribution in [0, 0.1) is 0 Å². The molecule has 7 nitrogen and oxygen atoms in total. The topological polar surface area (TPSA) is 92.8 Å². The highest BCUT2D eigenvalue weighted by Gasteiger charge is 2.18. The van der Waals surface area contributed by atoms with E-state index >= 15 is 0 Å². The van der Waals surface area contributed by atoms with Gasteiger partial charge in [-0.25, -0.2) is 13.2 Å². The number of sulfonamides is 1. The first-order chi connectivity index (χ1) is 11.3. The van der Waals surface area contributed by atoms with Gasteiger partial charge in [-0.3, -0.25) is 4.79 Å². The minimum atomic E-state index is -3.42. The van der Waals surface area contributed by atoms with Crippen molar-refractivity contribution in [3.8, 4) is 0 Å². The number of esters is 1. The van der Waals surface area contributed by atoms with Gasteiger partial charge in [0.2, 0.25) is 15.9 Å². The van der Waals surface area contributed by atoms with Crippen molar-refractivity contribution in [1.82, 2.24) is 4.31 Å². The molecule has 1 rings (SSSR count). The van der Waals surface area contributed by atoms with Crippen molar-refractivity contribution < 1.29 is 22.7 Å². The van der Waals surface area contributed by atoms with Crippen LogP contribution in [-0.4, -0.2) is 50.6 Å². The Kier molecular flexibility index (Phi) is 7.60. The molecule has 0 spiro atoms. The fourth-order valence-corrected chi connectivity index (χ4v) is 2.75. The summed E-state index contributed by atoms with van der Waals surface area (Å²) in [5, 5.41) is 2.61. The molecule has 132 valence electrons. The Morgan fingerprint density at radius 2 is 2.00 bits per heavy atom. The standard InChI is InChI=1S/C16H22N2O5S/c1-4-11-18(24(3,21)22)12-10-15(19)17-14-9-7-6-8-13(14)16(20)23-5-2/h4,6-9H,1,5,10-12H2,2-3H3,(H,17,19). The predicted molar refractivity (Wildman–Crippen MR) is 92.3 cm³/mol. The zero-order chi connectivity index (χ0) is 18.2. The highest BCUT2D eigenvalue weighted by atomic mass is 32.2. The van der Waals surface area contributed by atoms with Crippen LogP contribution < -0.4 is 5.32 Å². The highest BCUT2D eigenvalue weighted by molar-refractivity contribution is 7.88. The lowest BCUT2D eigenvalue weighted by Crippen LogP contribution is -2.33. The van der Waals surface area contributed by atoms with Gasteiger partial charge >= 0.3 is 5.97 Å². The van der Waals surface area contributed by atoms with Crippen molar-refractivity contribution in [2.75, 3.05) is 31.3 Å². The van der Waals surface area contributed by atoms with Crippen molar-refractivity contribution in [2.45, 2.75) is 13.3 Å². The number of carbonyl (C=O) groups excluding carboxylic acids is 2. The lowest BCUT2D eigenvalue weighted by Gasteiger charge is -2.18. The largest absolute Gasteiger partial charge is 0.462 e. The quantitative estimate of drug-likeness (QED) is 0.537. The molecule has 1 aromatic carbocycles. The van der Waals surface area contributed by atoms with E-state index < -0.39 is 21.9 Å². The number of rotatable bonds is 9. The summed E-state index contributed by atoms with van der Waals surface area (Å²) in [4.78, 5) is 23.9. The smallest absolute Gasteiger partial charge is 0.340 e. The van der Waals surface area contributed by atoms with Crippen LogP contribution in [0.5, 0.6) is 0 Å². The van der Waals surface area contributed by atoms with Crippen LogP contribution in [0.25, 0.3) is 0 Å². The number of amides is 1. The van der Waals surface area contributed by atoms with E-state index in [-0.39, 0.29) is 31.7 Å². The summed E-state index contributed by atoms with van der Waals surface area (Å²) < 4.78 is 29.3. The molecule has 0 aliphatic heterocycles. The summed E-state index contributed by atoms with van der Waals surface area (Å²) in [6.45, 7) is 5.58. The number of benzene rings is 1. The zero-order valence-electron chi connectivity index (χ0n) is 13.8. The van der Waals surface area contributed by atoms with Gasteiger partial charge in [0.05, 0.1) is 24.1 Å². The number of para-hydroxylation sites is 1. The number of hydrogen-bond donors (Lipinski definition) is 1. The molecule has 0 heterocycles. The summed E-state index contributed by atoms with van der Waals surface area (Å²) in [5.74, 6) is -0.928. The SMILES string of the molecule is C=CCN(CCC(=O)Nc1ccccc1C(=O)OCC)S(C)(=O)=O. The van der Waals surface area contributed by atoms with Gasteiger partial charge in [-0.2, -0.15) is 4.31 Å². The third-order valence-corrected chi connectivity index (χ3v) is 4.36. The van der Waals surface area contributed by atoms with Crippen molar-refractivity contribution >= 4 is 27.6 Å². The number of ether oxygens (including phenoxy) is 1. The molecule has 0 radical (unpaired) electrons. The van der Waals surface area contributed by atoms with Gasteiger partial charge in [0.1, 0.15) is 0 Å². The molecule has 0 saturated heterocycles. The van der Waals surface area contributed by atoms with Crippen molar-refractivity contribution in [1.29, 1.82) is 0 Å². The van der Waals surface area contributed by atoms with Crippen molar-refractivity contribution in [2.24, 2.45) is 0 Å². The molecule has 0 aliphatic rings. The average Bonchev–Trinajstić information content (AvgIpc) is 2.51. The monoisotopic (exact) mass is 354 g/mol. The molecular weight excluding hydrogens is 332 g/mol. The number of carbonyl (C=O) groups is 2. The maximum absolute atomic E-state index is 12.1. The Morgan fingerprint density at radius 1 is 1.33 bits per heavy atom. The second-order valence-electron chi connectivity index (χ2n) is 4.97. The maximum atomic E-state index is 12.1. The Balaban J connectivity index is 2.75. The predicted octanol–water partition coefficient (Wildman–Crippen LogP) is 1.64. The van der Waals surface area contributed by atoms with Gasteiger partial charge in [0.15, 0.2) is 0 Å². The van der Waals surface area contributed by atoms with Crippen molar-refractivity contribution in [3.05, 3.63) is 42.5 Å². The van der Waals surface area contributed by atoms with E-state index in [0.717, 1.165) is 10.6 Å². The molecule has 0 fully saturated rings. The van der Waals surface area contributed by atoms with Gasteiger partial charge in [-0.15, -0.1) is 6.58 Å². The first-order valence-corrected chi connectivity index (χ1v) is 9.26. The number of hydrogen-bond acceptors (Lipinski definition) is 5. The second-order valence-corrected chi connectivity index (χ2v) is 6.96. The van der Waals surface area contributed by atoms with Crippen LogP contribution in [0.3, 0.4) is 0 Å². The summed E-state index contributed by atoms with van der Waals surface area (Å²) in [5.41, 5.74) is 0.578. The minimum Gasteiger partial charge on any atom is -0.462 e. The van der Waals surface area contributed by atoms with Crippen LogP contribution in [0.2, 0.25) is 0 Å². The Labute approximate surface area is 142 Å². The summed E-state index contributed by atoms with van der Waals surface area (Å²) in [6, 6.07) is 6.48. The average molecular weight is 354 g/mol. The fraction of sp³-hybridized carbons (Fsp3) is 0.375. The summed E-state index contributed by atoms with van der Waals surface area (Å²) >= 11 is 0. The lowest BCUT2D eigenvalue weighted by atomic mass is 10.1. The number of nitrogens with zero attached hydrogens (tertiary/aromatic N) is 1. The molecule has 0 bridgehead atoms. The van der Waals surface area contributed by atoms with Gasteiger partial charge in [0, 0.05) is 19.5 Å². The van der Waals surface area contributed by atoms with Crippen molar-refractivity contribution in [3.63, 3.8) is 0 Å². The van der Waals surface area contributed by atoms with E-state index in [2.05, 4.69) is 11.9 Å². The van der Waals surface area contributed by atoms with Gasteiger partial charge in [-0.05, 0) is 19.1 Å².